The van der Waals surface area contributed by atoms with Gasteiger partial charge in [-0.15, -0.1) is 0 Å². The first-order chi connectivity index (χ1) is 12.0. The lowest BCUT2D eigenvalue weighted by Gasteiger charge is -2.14. The van der Waals surface area contributed by atoms with E-state index >= 15 is 0 Å². The zero-order chi connectivity index (χ0) is 18.2. The molecule has 132 valence electrons. The smallest absolute Gasteiger partial charge is 0.251 e. The van der Waals surface area contributed by atoms with E-state index in [9.17, 15) is 14.0 Å². The molecule has 0 aliphatic rings. The van der Waals surface area contributed by atoms with Crippen LogP contribution >= 0.6 is 15.9 Å². The Morgan fingerprint density at radius 3 is 2.48 bits per heavy atom. The first-order valence-corrected chi connectivity index (χ1v) is 8.81. The predicted octanol–water partition coefficient (Wildman–Crippen LogP) is 3.46. The van der Waals surface area contributed by atoms with Gasteiger partial charge in [0.25, 0.3) is 5.91 Å². The summed E-state index contributed by atoms with van der Waals surface area (Å²) >= 11 is 3.31. The van der Waals surface area contributed by atoms with E-state index in [4.69, 9.17) is 0 Å². The number of rotatable bonds is 7. The molecule has 0 aromatic heterocycles. The van der Waals surface area contributed by atoms with E-state index in [0.29, 0.717) is 17.5 Å². The molecule has 0 fully saturated rings. The number of hydrogen-bond acceptors (Lipinski definition) is 2. The van der Waals surface area contributed by atoms with Gasteiger partial charge in [-0.2, -0.15) is 0 Å². The van der Waals surface area contributed by atoms with Gasteiger partial charge in [-0.05, 0) is 49.2 Å². The Balaban J connectivity index is 1.72. The topological polar surface area (TPSA) is 58.2 Å². The minimum atomic E-state index is -0.273. The van der Waals surface area contributed by atoms with Gasteiger partial charge in [0.05, 0.1) is 0 Å². The highest BCUT2D eigenvalue weighted by atomic mass is 79.9. The van der Waals surface area contributed by atoms with Crippen LogP contribution in [0.1, 0.15) is 29.3 Å². The van der Waals surface area contributed by atoms with Crippen LogP contribution in [-0.4, -0.2) is 24.4 Å². The summed E-state index contributed by atoms with van der Waals surface area (Å²) in [4.78, 5) is 23.9. The molecule has 0 aliphatic carbocycles. The fraction of sp³-hybridized carbons (Fsp3) is 0.263. The SMILES string of the molecule is CC(Cc1ccccc1F)NC(=O)CCNC(=O)c1ccc(Br)cc1. The summed E-state index contributed by atoms with van der Waals surface area (Å²) in [7, 11) is 0. The van der Waals surface area contributed by atoms with Gasteiger partial charge in [-0.3, -0.25) is 9.59 Å². The maximum Gasteiger partial charge on any atom is 0.251 e. The summed E-state index contributed by atoms with van der Waals surface area (Å²) in [6, 6.07) is 13.3. The molecule has 2 rings (SSSR count). The van der Waals surface area contributed by atoms with Crippen LogP contribution in [0.3, 0.4) is 0 Å². The standard InChI is InChI=1S/C19H20BrFN2O2/c1-13(12-15-4-2-3-5-17(15)21)23-18(24)10-11-22-19(25)14-6-8-16(20)9-7-14/h2-9,13H,10-12H2,1H3,(H,22,25)(H,23,24). The van der Waals surface area contributed by atoms with E-state index in [1.807, 2.05) is 6.92 Å². The third-order valence-electron chi connectivity index (χ3n) is 3.64. The second kappa shape index (κ2) is 9.32. The number of amides is 2. The zero-order valence-electron chi connectivity index (χ0n) is 13.9. The molecule has 2 N–H and O–H groups in total. The average Bonchev–Trinajstić information content (AvgIpc) is 2.57. The van der Waals surface area contributed by atoms with E-state index in [0.717, 1.165) is 4.47 Å². The van der Waals surface area contributed by atoms with E-state index < -0.39 is 0 Å². The number of nitrogens with one attached hydrogen (secondary N) is 2. The number of halogens is 2. The highest BCUT2D eigenvalue weighted by Crippen LogP contribution is 2.10. The average molecular weight is 407 g/mol. The molecule has 2 aromatic rings. The summed E-state index contributed by atoms with van der Waals surface area (Å²) in [5, 5.41) is 5.52. The Kier molecular flexibility index (Phi) is 7.13. The van der Waals surface area contributed by atoms with Crippen molar-refractivity contribution < 1.29 is 14.0 Å². The molecule has 0 heterocycles. The van der Waals surface area contributed by atoms with Crippen molar-refractivity contribution in [1.82, 2.24) is 10.6 Å². The van der Waals surface area contributed by atoms with E-state index in [1.54, 1.807) is 42.5 Å². The van der Waals surface area contributed by atoms with E-state index in [1.165, 1.54) is 6.07 Å². The molecule has 2 amide bonds. The van der Waals surface area contributed by atoms with E-state index in [2.05, 4.69) is 26.6 Å². The fourth-order valence-electron chi connectivity index (χ4n) is 2.38. The molecule has 0 saturated carbocycles. The summed E-state index contributed by atoms with van der Waals surface area (Å²) in [5.74, 6) is -0.676. The third kappa shape index (κ3) is 6.31. The highest BCUT2D eigenvalue weighted by Gasteiger charge is 2.11. The van der Waals surface area contributed by atoms with Crippen LogP contribution in [0.25, 0.3) is 0 Å². The summed E-state index contributed by atoms with van der Waals surface area (Å²) in [5.41, 5.74) is 1.11. The van der Waals surface area contributed by atoms with Gasteiger partial charge in [-0.25, -0.2) is 4.39 Å². The van der Waals surface area contributed by atoms with Crippen LogP contribution in [0.15, 0.2) is 53.0 Å². The number of benzene rings is 2. The molecular formula is C19H20BrFN2O2. The number of hydrogen-bond donors (Lipinski definition) is 2. The number of carbonyl (C=O) groups excluding carboxylic acids is 2. The van der Waals surface area contributed by atoms with Crippen molar-refractivity contribution >= 4 is 27.7 Å². The van der Waals surface area contributed by atoms with Crippen molar-refractivity contribution in [2.45, 2.75) is 25.8 Å². The lowest BCUT2D eigenvalue weighted by molar-refractivity contribution is -0.121. The molecule has 4 nitrogen and oxygen atoms in total. The normalized spacial score (nSPS) is 11.6. The van der Waals surface area contributed by atoms with Gasteiger partial charge in [0.2, 0.25) is 5.91 Å². The minimum absolute atomic E-state index is 0.171. The quantitative estimate of drug-likeness (QED) is 0.739. The molecule has 6 heteroatoms. The van der Waals surface area contributed by atoms with Crippen LogP contribution in [-0.2, 0) is 11.2 Å². The van der Waals surface area contributed by atoms with Gasteiger partial charge in [-0.1, -0.05) is 34.1 Å². The van der Waals surface area contributed by atoms with Crippen molar-refractivity contribution in [3.63, 3.8) is 0 Å². The van der Waals surface area contributed by atoms with Crippen molar-refractivity contribution in [3.8, 4) is 0 Å². The van der Waals surface area contributed by atoms with Crippen LogP contribution in [0.4, 0.5) is 4.39 Å². The lowest BCUT2D eigenvalue weighted by Crippen LogP contribution is -2.36. The van der Waals surface area contributed by atoms with Gasteiger partial charge < -0.3 is 10.6 Å². The fourth-order valence-corrected chi connectivity index (χ4v) is 2.65. The molecule has 25 heavy (non-hydrogen) atoms. The van der Waals surface area contributed by atoms with Crippen molar-refractivity contribution in [1.29, 1.82) is 0 Å². The Morgan fingerprint density at radius 2 is 1.80 bits per heavy atom. The predicted molar refractivity (Wildman–Crippen MR) is 98.8 cm³/mol. The Bertz CT molecular complexity index is 734. The zero-order valence-corrected chi connectivity index (χ0v) is 15.5. The third-order valence-corrected chi connectivity index (χ3v) is 4.16. The Hall–Kier alpha value is -2.21. The van der Waals surface area contributed by atoms with Crippen LogP contribution < -0.4 is 10.6 Å². The van der Waals surface area contributed by atoms with Crippen molar-refractivity contribution in [2.24, 2.45) is 0 Å². The molecule has 0 bridgehead atoms. The van der Waals surface area contributed by atoms with Crippen LogP contribution in [0.5, 0.6) is 0 Å². The molecule has 0 saturated heterocycles. The Morgan fingerprint density at radius 1 is 1.12 bits per heavy atom. The molecule has 0 radical (unpaired) electrons. The van der Waals surface area contributed by atoms with Gasteiger partial charge in [0, 0.05) is 29.0 Å². The second-order valence-electron chi connectivity index (χ2n) is 5.78. The lowest BCUT2D eigenvalue weighted by atomic mass is 10.1. The largest absolute Gasteiger partial charge is 0.353 e. The summed E-state index contributed by atoms with van der Waals surface area (Å²) in [6.07, 6.45) is 0.591. The van der Waals surface area contributed by atoms with Crippen LogP contribution in [0.2, 0.25) is 0 Å². The molecule has 0 aliphatic heterocycles. The minimum Gasteiger partial charge on any atom is -0.353 e. The van der Waals surface area contributed by atoms with E-state index in [-0.39, 0.29) is 36.6 Å². The summed E-state index contributed by atoms with van der Waals surface area (Å²) in [6.45, 7) is 2.07. The van der Waals surface area contributed by atoms with Crippen molar-refractivity contribution in [3.05, 3.63) is 69.9 Å². The first kappa shape index (κ1) is 19.1. The molecular weight excluding hydrogens is 387 g/mol. The molecule has 1 atom stereocenters. The molecule has 2 aromatic carbocycles. The highest BCUT2D eigenvalue weighted by molar-refractivity contribution is 9.10. The van der Waals surface area contributed by atoms with Gasteiger partial charge in [0.1, 0.15) is 5.82 Å². The van der Waals surface area contributed by atoms with Gasteiger partial charge >= 0.3 is 0 Å². The molecule has 1 unspecified atom stereocenters. The van der Waals surface area contributed by atoms with Crippen molar-refractivity contribution in [2.75, 3.05) is 6.54 Å². The van der Waals surface area contributed by atoms with Gasteiger partial charge in [0.15, 0.2) is 0 Å². The number of carbonyl (C=O) groups is 2. The molecule has 0 spiro atoms. The first-order valence-electron chi connectivity index (χ1n) is 8.02. The Labute approximate surface area is 154 Å². The maximum atomic E-state index is 13.6. The monoisotopic (exact) mass is 406 g/mol. The second-order valence-corrected chi connectivity index (χ2v) is 6.69. The van der Waals surface area contributed by atoms with Crippen LogP contribution in [0, 0.1) is 5.82 Å². The maximum absolute atomic E-state index is 13.6. The summed E-state index contributed by atoms with van der Waals surface area (Å²) < 4.78 is 14.5.